The van der Waals surface area contributed by atoms with Crippen LogP contribution >= 0.6 is 0 Å². The van der Waals surface area contributed by atoms with Crippen molar-refractivity contribution in [2.45, 2.75) is 25.8 Å². The van der Waals surface area contributed by atoms with Crippen LogP contribution in [-0.2, 0) is 6.42 Å². The molecule has 1 unspecified atom stereocenters. The molecule has 5 heteroatoms. The normalized spacial score (nSPS) is 16.0. The van der Waals surface area contributed by atoms with E-state index in [0.29, 0.717) is 11.1 Å². The topological polar surface area (TPSA) is 86.6 Å². The van der Waals surface area contributed by atoms with Crippen molar-refractivity contribution in [3.05, 3.63) is 64.2 Å². The maximum atomic E-state index is 12.5. The fourth-order valence-electron chi connectivity index (χ4n) is 3.02. The first-order chi connectivity index (χ1) is 11.0. The number of fused-ring (bicyclic) bond motifs is 1. The van der Waals surface area contributed by atoms with Gasteiger partial charge in [-0.3, -0.25) is 4.79 Å². The molecule has 1 aliphatic carbocycles. The first-order valence-corrected chi connectivity index (χ1v) is 7.42. The number of carbonyl (C=O) groups excluding carboxylic acids is 1. The van der Waals surface area contributed by atoms with Gasteiger partial charge in [-0.1, -0.05) is 6.07 Å². The molecule has 3 N–H and O–H groups in total. The lowest BCUT2D eigenvalue weighted by Crippen LogP contribution is -2.27. The molecule has 5 nitrogen and oxygen atoms in total. The summed E-state index contributed by atoms with van der Waals surface area (Å²) in [5.74, 6) is -1.07. The third-order valence-corrected chi connectivity index (χ3v) is 4.23. The van der Waals surface area contributed by atoms with Gasteiger partial charge in [0.15, 0.2) is 0 Å². The lowest BCUT2D eigenvalue weighted by Gasteiger charge is -2.15. The summed E-state index contributed by atoms with van der Waals surface area (Å²) in [6.07, 6.45) is 1.57. The van der Waals surface area contributed by atoms with Gasteiger partial charge in [-0.05, 0) is 66.8 Å². The molecule has 3 rings (SSSR count). The van der Waals surface area contributed by atoms with Crippen molar-refractivity contribution >= 4 is 11.9 Å². The van der Waals surface area contributed by atoms with E-state index < -0.39 is 5.97 Å². The van der Waals surface area contributed by atoms with Gasteiger partial charge in [0.2, 0.25) is 0 Å². The van der Waals surface area contributed by atoms with E-state index in [1.54, 1.807) is 31.2 Å². The highest BCUT2D eigenvalue weighted by atomic mass is 16.4. The predicted molar refractivity (Wildman–Crippen MR) is 84.8 cm³/mol. The molecule has 0 radical (unpaired) electrons. The van der Waals surface area contributed by atoms with E-state index in [2.05, 4.69) is 5.32 Å². The van der Waals surface area contributed by atoms with Crippen molar-refractivity contribution in [3.63, 3.8) is 0 Å². The van der Waals surface area contributed by atoms with E-state index in [4.69, 9.17) is 5.11 Å². The molecule has 0 aromatic heterocycles. The van der Waals surface area contributed by atoms with Crippen LogP contribution in [0.1, 0.15) is 49.9 Å². The molecule has 0 spiro atoms. The van der Waals surface area contributed by atoms with Gasteiger partial charge >= 0.3 is 5.97 Å². The largest absolute Gasteiger partial charge is 0.508 e. The third-order valence-electron chi connectivity index (χ3n) is 4.23. The maximum Gasteiger partial charge on any atom is 0.335 e. The number of aromatic carboxylic acids is 1. The van der Waals surface area contributed by atoms with Gasteiger partial charge < -0.3 is 15.5 Å². The van der Waals surface area contributed by atoms with Crippen LogP contribution < -0.4 is 5.32 Å². The zero-order valence-corrected chi connectivity index (χ0v) is 12.7. The van der Waals surface area contributed by atoms with Crippen LogP contribution in [0.4, 0.5) is 0 Å². The van der Waals surface area contributed by atoms with Gasteiger partial charge in [0.1, 0.15) is 5.75 Å². The molecule has 2 aromatic carbocycles. The van der Waals surface area contributed by atoms with Crippen LogP contribution in [0.3, 0.4) is 0 Å². The van der Waals surface area contributed by atoms with Crippen molar-refractivity contribution in [2.75, 3.05) is 0 Å². The summed E-state index contributed by atoms with van der Waals surface area (Å²) in [4.78, 5) is 23.6. The molecule has 0 saturated heterocycles. The Balaban J connectivity index is 1.84. The highest BCUT2D eigenvalue weighted by Crippen LogP contribution is 2.32. The minimum absolute atomic E-state index is 0.122. The number of nitrogens with one attached hydrogen (secondary N) is 1. The van der Waals surface area contributed by atoms with E-state index in [-0.39, 0.29) is 23.3 Å². The Morgan fingerprint density at radius 2 is 1.96 bits per heavy atom. The summed E-state index contributed by atoms with van der Waals surface area (Å²) in [5, 5.41) is 21.5. The molecule has 118 valence electrons. The first-order valence-electron chi connectivity index (χ1n) is 7.42. The number of hydrogen-bond acceptors (Lipinski definition) is 3. The molecule has 0 aliphatic heterocycles. The van der Waals surface area contributed by atoms with Crippen molar-refractivity contribution in [2.24, 2.45) is 0 Å². The minimum Gasteiger partial charge on any atom is -0.508 e. The van der Waals surface area contributed by atoms with Crippen LogP contribution in [0.5, 0.6) is 5.75 Å². The average Bonchev–Trinajstić information content (AvgIpc) is 2.89. The van der Waals surface area contributed by atoms with Crippen molar-refractivity contribution in [3.8, 4) is 5.75 Å². The number of carbonyl (C=O) groups is 2. The quantitative estimate of drug-likeness (QED) is 0.813. The fourth-order valence-corrected chi connectivity index (χ4v) is 3.02. The van der Waals surface area contributed by atoms with Gasteiger partial charge in [-0.25, -0.2) is 4.79 Å². The monoisotopic (exact) mass is 311 g/mol. The molecule has 1 atom stereocenters. The molecule has 0 saturated carbocycles. The number of aromatic hydroxyl groups is 1. The molecule has 1 amide bonds. The Morgan fingerprint density at radius 3 is 2.65 bits per heavy atom. The van der Waals surface area contributed by atoms with Crippen LogP contribution in [0, 0.1) is 6.92 Å². The summed E-state index contributed by atoms with van der Waals surface area (Å²) in [5.41, 5.74) is 3.37. The lowest BCUT2D eigenvalue weighted by atomic mass is 10.0. The number of phenolic OH excluding ortho intramolecular Hbond substituents is 1. The van der Waals surface area contributed by atoms with Crippen molar-refractivity contribution in [1.29, 1.82) is 0 Å². The van der Waals surface area contributed by atoms with Crippen LogP contribution in [0.2, 0.25) is 0 Å². The standard InChI is InChI=1S/C18H17NO4/c1-10-8-13(20)5-6-14(10)17(21)19-16-7-4-11-2-3-12(18(22)23)9-15(11)16/h2-3,5-6,8-9,16,20H,4,7H2,1H3,(H,19,21)(H,22,23). The Labute approximate surface area is 133 Å². The second-order valence-corrected chi connectivity index (χ2v) is 5.78. The Kier molecular flexibility index (Phi) is 3.78. The summed E-state index contributed by atoms with van der Waals surface area (Å²) in [6, 6.07) is 9.47. The number of aryl methyl sites for hydroxylation is 2. The number of carboxylic acid groups (broad SMARTS) is 1. The number of benzene rings is 2. The van der Waals surface area contributed by atoms with Crippen molar-refractivity contribution < 1.29 is 19.8 Å². The van der Waals surface area contributed by atoms with Crippen LogP contribution in [-0.4, -0.2) is 22.1 Å². The highest BCUT2D eigenvalue weighted by Gasteiger charge is 2.25. The number of phenols is 1. The zero-order valence-electron chi connectivity index (χ0n) is 12.7. The van der Waals surface area contributed by atoms with E-state index in [0.717, 1.165) is 24.0 Å². The summed E-state index contributed by atoms with van der Waals surface area (Å²) < 4.78 is 0. The van der Waals surface area contributed by atoms with Gasteiger partial charge in [-0.15, -0.1) is 0 Å². The minimum atomic E-state index is -0.973. The molecular formula is C18H17NO4. The first kappa shape index (κ1) is 15.1. The van der Waals surface area contributed by atoms with Crippen LogP contribution in [0.25, 0.3) is 0 Å². The van der Waals surface area contributed by atoms with E-state index >= 15 is 0 Å². The van der Waals surface area contributed by atoms with Gasteiger partial charge in [0.05, 0.1) is 11.6 Å². The third kappa shape index (κ3) is 2.90. The van der Waals surface area contributed by atoms with E-state index in [1.165, 1.54) is 6.07 Å². The van der Waals surface area contributed by atoms with Gasteiger partial charge in [0, 0.05) is 5.56 Å². The van der Waals surface area contributed by atoms with Gasteiger partial charge in [0.25, 0.3) is 5.91 Å². The average molecular weight is 311 g/mol. The predicted octanol–water partition coefficient (Wildman–Crippen LogP) is 2.82. The smallest absolute Gasteiger partial charge is 0.335 e. The second kappa shape index (κ2) is 5.76. The van der Waals surface area contributed by atoms with Crippen LogP contribution in [0.15, 0.2) is 36.4 Å². The molecule has 0 bridgehead atoms. The highest BCUT2D eigenvalue weighted by molar-refractivity contribution is 5.96. The molecule has 2 aromatic rings. The summed E-state index contributed by atoms with van der Waals surface area (Å²) in [6.45, 7) is 1.76. The number of rotatable bonds is 3. The Bertz CT molecular complexity index is 798. The Morgan fingerprint density at radius 1 is 1.17 bits per heavy atom. The molecular weight excluding hydrogens is 294 g/mol. The number of hydrogen-bond donors (Lipinski definition) is 3. The summed E-state index contributed by atoms with van der Waals surface area (Å²) in [7, 11) is 0. The van der Waals surface area contributed by atoms with Crippen molar-refractivity contribution in [1.82, 2.24) is 5.32 Å². The summed E-state index contributed by atoms with van der Waals surface area (Å²) >= 11 is 0. The van der Waals surface area contributed by atoms with E-state index in [9.17, 15) is 14.7 Å². The van der Waals surface area contributed by atoms with Gasteiger partial charge in [-0.2, -0.15) is 0 Å². The van der Waals surface area contributed by atoms with E-state index in [1.807, 2.05) is 6.07 Å². The molecule has 23 heavy (non-hydrogen) atoms. The Hall–Kier alpha value is -2.82. The molecule has 0 fully saturated rings. The number of amides is 1. The fraction of sp³-hybridized carbons (Fsp3) is 0.222. The molecule has 1 aliphatic rings. The number of carboxylic acids is 1. The SMILES string of the molecule is Cc1cc(O)ccc1C(=O)NC1CCc2ccc(C(=O)O)cc21. The lowest BCUT2D eigenvalue weighted by molar-refractivity contribution is 0.0696. The second-order valence-electron chi connectivity index (χ2n) is 5.78. The maximum absolute atomic E-state index is 12.5. The molecule has 0 heterocycles. The zero-order chi connectivity index (χ0) is 16.6.